The predicted molar refractivity (Wildman–Crippen MR) is 124 cm³/mol. The molecule has 10 heteroatoms. The maximum Gasteiger partial charge on any atom is 0.416 e. The quantitative estimate of drug-likeness (QED) is 0.215. The topological polar surface area (TPSA) is 52.2 Å². The first-order valence-corrected chi connectivity index (χ1v) is 11.8. The number of para-hydroxylation sites is 1. The molecule has 168 valence electrons. The number of rotatable bonds is 5. The van der Waals surface area contributed by atoms with Crippen molar-refractivity contribution in [2.75, 3.05) is 5.75 Å². The number of thioether (sulfide) groups is 1. The Balaban J connectivity index is 1.42. The molecule has 0 spiro atoms. The summed E-state index contributed by atoms with van der Waals surface area (Å²) in [5.74, 6) is 0.0142. The molecule has 5 aromatic rings. The fraction of sp³-hybridized carbons (Fsp3) is 0.174. The molecule has 0 atom stereocenters. The third-order valence-corrected chi connectivity index (χ3v) is 7.35. The zero-order chi connectivity index (χ0) is 23.3. The third-order valence-electron chi connectivity index (χ3n) is 5.41. The molecule has 0 aliphatic heterocycles. The number of aryl methyl sites for hydroxylation is 1. The third kappa shape index (κ3) is 3.83. The lowest BCUT2D eigenvalue weighted by Crippen LogP contribution is -2.08. The average molecular weight is 487 g/mol. The number of carbonyl (C=O) groups is 1. The molecule has 5 rings (SSSR count). The van der Waals surface area contributed by atoms with Crippen molar-refractivity contribution in [2.45, 2.75) is 25.2 Å². The van der Waals surface area contributed by atoms with Crippen LogP contribution >= 0.6 is 23.1 Å². The van der Waals surface area contributed by atoms with Gasteiger partial charge in [-0.1, -0.05) is 41.3 Å². The lowest BCUT2D eigenvalue weighted by Gasteiger charge is -2.13. The van der Waals surface area contributed by atoms with Gasteiger partial charge in [0.2, 0.25) is 4.96 Å². The molecule has 0 amide bonds. The van der Waals surface area contributed by atoms with Crippen molar-refractivity contribution in [3.63, 3.8) is 0 Å². The number of thiazole rings is 1. The van der Waals surface area contributed by atoms with Crippen LogP contribution in [0.15, 0.2) is 59.8 Å². The molecule has 0 saturated heterocycles. The predicted octanol–water partition coefficient (Wildman–Crippen LogP) is 6.35. The molecule has 0 aliphatic carbocycles. The maximum atomic E-state index is 13.2. The highest BCUT2D eigenvalue weighted by molar-refractivity contribution is 7.99. The van der Waals surface area contributed by atoms with E-state index in [1.54, 1.807) is 30.5 Å². The summed E-state index contributed by atoms with van der Waals surface area (Å²) < 4.78 is 44.2. The second-order valence-electron chi connectivity index (χ2n) is 7.55. The molecule has 2 aromatic carbocycles. The van der Waals surface area contributed by atoms with E-state index in [1.807, 2.05) is 28.7 Å². The van der Waals surface area contributed by atoms with Gasteiger partial charge < -0.3 is 4.57 Å². The van der Waals surface area contributed by atoms with Crippen molar-refractivity contribution < 1.29 is 18.0 Å². The van der Waals surface area contributed by atoms with Crippen LogP contribution in [0, 0.1) is 13.8 Å². The molecule has 33 heavy (non-hydrogen) atoms. The number of benzene rings is 2. The number of aromatic nitrogens is 4. The van der Waals surface area contributed by atoms with Gasteiger partial charge >= 0.3 is 6.18 Å². The normalized spacial score (nSPS) is 12.2. The Morgan fingerprint density at radius 3 is 2.64 bits per heavy atom. The number of carbonyl (C=O) groups excluding carboxylic acids is 1. The molecule has 3 aromatic heterocycles. The van der Waals surface area contributed by atoms with Crippen molar-refractivity contribution in [1.82, 2.24) is 19.2 Å². The standard InChI is InChI=1S/C23H17F3N4OS2/c1-13-10-17(14(2)29(13)16-7-5-6-15(11-16)23(24,25)26)19(31)12-32-21-27-28-22-30(21)18-8-3-4-9-20(18)33-22/h3-11H,12H2,1-2H3. The summed E-state index contributed by atoms with van der Waals surface area (Å²) in [5.41, 5.74) is 2.40. The lowest BCUT2D eigenvalue weighted by molar-refractivity contribution is -0.137. The number of Topliss-reactive ketones (excluding diaryl/α,β-unsaturated/α-hetero) is 1. The number of ketones is 1. The molecule has 0 fully saturated rings. The number of nitrogens with zero attached hydrogens (tertiary/aromatic N) is 4. The summed E-state index contributed by atoms with van der Waals surface area (Å²) in [7, 11) is 0. The molecule has 0 unspecified atom stereocenters. The van der Waals surface area contributed by atoms with Gasteiger partial charge in [-0.15, -0.1) is 10.2 Å². The molecule has 5 nitrogen and oxygen atoms in total. The second kappa shape index (κ2) is 8.03. The van der Waals surface area contributed by atoms with Crippen LogP contribution in [0.3, 0.4) is 0 Å². The summed E-state index contributed by atoms with van der Waals surface area (Å²) in [6.45, 7) is 3.52. The van der Waals surface area contributed by atoms with Crippen molar-refractivity contribution in [1.29, 1.82) is 0 Å². The minimum atomic E-state index is -4.43. The van der Waals surface area contributed by atoms with Gasteiger partial charge in [-0.25, -0.2) is 0 Å². The van der Waals surface area contributed by atoms with Gasteiger partial charge in [0.15, 0.2) is 10.9 Å². The van der Waals surface area contributed by atoms with Crippen LogP contribution < -0.4 is 0 Å². The van der Waals surface area contributed by atoms with E-state index in [2.05, 4.69) is 10.2 Å². The smallest absolute Gasteiger partial charge is 0.318 e. The fourth-order valence-electron chi connectivity index (χ4n) is 3.92. The summed E-state index contributed by atoms with van der Waals surface area (Å²) in [6, 6.07) is 14.7. The van der Waals surface area contributed by atoms with E-state index < -0.39 is 11.7 Å². The van der Waals surface area contributed by atoms with Crippen molar-refractivity contribution in [2.24, 2.45) is 0 Å². The second-order valence-corrected chi connectivity index (χ2v) is 9.50. The van der Waals surface area contributed by atoms with E-state index in [0.29, 0.717) is 27.8 Å². The van der Waals surface area contributed by atoms with E-state index in [-0.39, 0.29) is 11.5 Å². The Morgan fingerprint density at radius 2 is 1.85 bits per heavy atom. The van der Waals surface area contributed by atoms with Crippen molar-refractivity contribution >= 4 is 44.1 Å². The maximum absolute atomic E-state index is 13.2. The first-order chi connectivity index (χ1) is 15.7. The molecule has 0 bridgehead atoms. The van der Waals surface area contributed by atoms with Gasteiger partial charge in [0.05, 0.1) is 21.5 Å². The monoisotopic (exact) mass is 486 g/mol. The average Bonchev–Trinajstić information content (AvgIpc) is 3.43. The van der Waals surface area contributed by atoms with Crippen LogP contribution in [0.25, 0.3) is 20.9 Å². The van der Waals surface area contributed by atoms with Crippen LogP contribution in [0.4, 0.5) is 13.2 Å². The molecule has 0 saturated carbocycles. The molecular weight excluding hydrogens is 469 g/mol. The Hall–Kier alpha value is -3.11. The number of halogens is 3. The number of fused-ring (bicyclic) bond motifs is 3. The van der Waals surface area contributed by atoms with Gasteiger partial charge in [-0.3, -0.25) is 9.20 Å². The Bertz CT molecular complexity index is 1510. The minimum Gasteiger partial charge on any atom is -0.318 e. The van der Waals surface area contributed by atoms with E-state index in [4.69, 9.17) is 0 Å². The summed E-state index contributed by atoms with van der Waals surface area (Å²) >= 11 is 2.82. The summed E-state index contributed by atoms with van der Waals surface area (Å²) in [6.07, 6.45) is -4.43. The van der Waals surface area contributed by atoms with E-state index in [0.717, 1.165) is 27.3 Å². The molecule has 0 N–H and O–H groups in total. The van der Waals surface area contributed by atoms with E-state index in [9.17, 15) is 18.0 Å². The largest absolute Gasteiger partial charge is 0.416 e. The Labute approximate surface area is 194 Å². The zero-order valence-corrected chi connectivity index (χ0v) is 19.2. The SMILES string of the molecule is Cc1cc(C(=O)CSc2nnc3sc4ccccc4n23)c(C)n1-c1cccc(C(F)(F)F)c1. The summed E-state index contributed by atoms with van der Waals surface area (Å²) in [5, 5.41) is 9.06. The summed E-state index contributed by atoms with van der Waals surface area (Å²) in [4.78, 5) is 13.8. The minimum absolute atomic E-state index is 0.123. The molecule has 0 aliphatic rings. The molecular formula is C23H17F3N4OS2. The van der Waals surface area contributed by atoms with Gasteiger partial charge in [0.1, 0.15) is 0 Å². The Morgan fingerprint density at radius 1 is 1.06 bits per heavy atom. The highest BCUT2D eigenvalue weighted by Crippen LogP contribution is 2.32. The van der Waals surface area contributed by atoms with Crippen LogP contribution in [0.5, 0.6) is 0 Å². The Kier molecular flexibility index (Phi) is 5.29. The van der Waals surface area contributed by atoms with E-state index >= 15 is 0 Å². The highest BCUT2D eigenvalue weighted by atomic mass is 32.2. The molecule has 3 heterocycles. The first kappa shape index (κ1) is 21.7. The van der Waals surface area contributed by atoms with Gasteiger partial charge in [-0.2, -0.15) is 13.2 Å². The number of alkyl halides is 3. The van der Waals surface area contributed by atoms with E-state index in [1.165, 1.54) is 29.2 Å². The fourth-order valence-corrected chi connectivity index (χ4v) is 5.77. The number of hydrogen-bond donors (Lipinski definition) is 0. The highest BCUT2D eigenvalue weighted by Gasteiger charge is 2.31. The lowest BCUT2D eigenvalue weighted by atomic mass is 10.1. The van der Waals surface area contributed by atoms with Gasteiger partial charge in [-0.05, 0) is 50.2 Å². The molecule has 0 radical (unpaired) electrons. The van der Waals surface area contributed by atoms with Gasteiger partial charge in [0, 0.05) is 22.6 Å². The van der Waals surface area contributed by atoms with Gasteiger partial charge in [0.25, 0.3) is 0 Å². The zero-order valence-electron chi connectivity index (χ0n) is 17.6. The van der Waals surface area contributed by atoms with Crippen LogP contribution in [-0.2, 0) is 6.18 Å². The van der Waals surface area contributed by atoms with Crippen molar-refractivity contribution in [3.05, 3.63) is 77.1 Å². The van der Waals surface area contributed by atoms with Crippen LogP contribution in [0.1, 0.15) is 27.3 Å². The first-order valence-electron chi connectivity index (χ1n) is 9.99. The van der Waals surface area contributed by atoms with Crippen LogP contribution in [0.2, 0.25) is 0 Å². The van der Waals surface area contributed by atoms with Crippen LogP contribution in [-0.4, -0.2) is 30.7 Å². The number of hydrogen-bond acceptors (Lipinski definition) is 5. The van der Waals surface area contributed by atoms with Crippen molar-refractivity contribution in [3.8, 4) is 5.69 Å².